The summed E-state index contributed by atoms with van der Waals surface area (Å²) in [6, 6.07) is 0. The molecule has 0 atom stereocenters. The van der Waals surface area contributed by atoms with Gasteiger partial charge in [0.1, 0.15) is 4.60 Å². The van der Waals surface area contributed by atoms with Gasteiger partial charge in [-0.2, -0.15) is 0 Å². The van der Waals surface area contributed by atoms with Crippen molar-refractivity contribution in [3.05, 3.63) is 17.0 Å². The predicted octanol–water partition coefficient (Wildman–Crippen LogP) is 2.49. The second-order valence-corrected chi connectivity index (χ2v) is 5.85. The smallest absolute Gasteiger partial charge is 0.227 e. The normalized spacial score (nSPS) is 18.0. The molecule has 0 aromatic carbocycles. The summed E-state index contributed by atoms with van der Waals surface area (Å²) >= 11 is 3.21. The van der Waals surface area contributed by atoms with E-state index in [9.17, 15) is 4.79 Å². The van der Waals surface area contributed by atoms with Gasteiger partial charge in [0.15, 0.2) is 5.82 Å². The Balaban J connectivity index is 1.94. The van der Waals surface area contributed by atoms with E-state index >= 15 is 0 Å². The maximum absolute atomic E-state index is 12.1. The monoisotopic (exact) mass is 326 g/mol. The maximum atomic E-state index is 12.1. The van der Waals surface area contributed by atoms with Crippen LogP contribution >= 0.6 is 15.9 Å². The van der Waals surface area contributed by atoms with E-state index in [1.165, 1.54) is 19.3 Å². The fourth-order valence-corrected chi connectivity index (χ4v) is 2.82. The summed E-state index contributed by atoms with van der Waals surface area (Å²) < 4.78 is 0.657. The topological polar surface area (TPSA) is 66.9 Å². The highest BCUT2D eigenvalue weighted by atomic mass is 79.9. The van der Waals surface area contributed by atoms with Crippen LogP contribution in [-0.2, 0) is 4.79 Å². The molecular formula is C13H19BrN4O. The molecule has 0 spiro atoms. The van der Waals surface area contributed by atoms with Crippen molar-refractivity contribution in [2.75, 3.05) is 12.4 Å². The summed E-state index contributed by atoms with van der Waals surface area (Å²) in [6.45, 7) is 0. The highest BCUT2D eigenvalue weighted by molar-refractivity contribution is 9.10. The van der Waals surface area contributed by atoms with Crippen molar-refractivity contribution < 1.29 is 4.79 Å². The summed E-state index contributed by atoms with van der Waals surface area (Å²) in [5.41, 5.74) is -0.0505. The third-order valence-corrected chi connectivity index (χ3v) is 4.14. The zero-order chi connectivity index (χ0) is 13.7. The Bertz CT molecular complexity index is 429. The van der Waals surface area contributed by atoms with Crippen molar-refractivity contribution in [1.29, 1.82) is 0 Å². The number of aromatic nitrogens is 2. The maximum Gasteiger partial charge on any atom is 0.227 e. The Morgan fingerprint density at radius 3 is 2.63 bits per heavy atom. The molecule has 1 aliphatic rings. The van der Waals surface area contributed by atoms with Crippen molar-refractivity contribution in [2.45, 2.75) is 44.1 Å². The average Bonchev–Trinajstić information content (AvgIpc) is 2.42. The molecule has 0 saturated heterocycles. The van der Waals surface area contributed by atoms with Gasteiger partial charge in [-0.15, -0.1) is 0 Å². The second kappa shape index (κ2) is 6.43. The molecule has 1 aliphatic carbocycles. The lowest BCUT2D eigenvalue weighted by molar-refractivity contribution is -0.118. The molecule has 0 radical (unpaired) electrons. The van der Waals surface area contributed by atoms with Gasteiger partial charge in [0, 0.05) is 12.0 Å². The first-order valence-electron chi connectivity index (χ1n) is 6.60. The minimum Gasteiger partial charge on any atom is -0.314 e. The summed E-state index contributed by atoms with van der Waals surface area (Å²) in [5, 5.41) is 6.14. The molecule has 0 aliphatic heterocycles. The fourth-order valence-electron chi connectivity index (χ4n) is 2.61. The molecule has 1 aromatic rings. The van der Waals surface area contributed by atoms with E-state index in [0.717, 1.165) is 12.8 Å². The van der Waals surface area contributed by atoms with Crippen LogP contribution in [0.1, 0.15) is 38.5 Å². The number of nitrogens with zero attached hydrogens (tertiary/aromatic N) is 2. The zero-order valence-corrected chi connectivity index (χ0v) is 12.7. The zero-order valence-electron chi connectivity index (χ0n) is 11.1. The van der Waals surface area contributed by atoms with Gasteiger partial charge in [-0.25, -0.2) is 9.97 Å². The number of hydrogen-bond donors (Lipinski definition) is 2. The third kappa shape index (κ3) is 3.98. The molecule has 6 heteroatoms. The quantitative estimate of drug-likeness (QED) is 0.892. The molecule has 1 fully saturated rings. The molecule has 1 aromatic heterocycles. The van der Waals surface area contributed by atoms with Crippen molar-refractivity contribution in [3.63, 3.8) is 0 Å². The van der Waals surface area contributed by atoms with E-state index < -0.39 is 0 Å². The lowest BCUT2D eigenvalue weighted by Gasteiger charge is -2.36. The van der Waals surface area contributed by atoms with Crippen LogP contribution in [0.4, 0.5) is 5.82 Å². The number of halogens is 1. The Morgan fingerprint density at radius 1 is 1.32 bits per heavy atom. The molecule has 0 bridgehead atoms. The Labute approximate surface area is 121 Å². The molecule has 19 heavy (non-hydrogen) atoms. The van der Waals surface area contributed by atoms with Gasteiger partial charge >= 0.3 is 0 Å². The van der Waals surface area contributed by atoms with Crippen LogP contribution < -0.4 is 10.6 Å². The van der Waals surface area contributed by atoms with Crippen LogP contribution in [0.2, 0.25) is 0 Å². The molecule has 0 unspecified atom stereocenters. The summed E-state index contributed by atoms with van der Waals surface area (Å²) in [7, 11) is 1.94. The van der Waals surface area contributed by atoms with Crippen LogP contribution in [0.5, 0.6) is 0 Å². The number of anilines is 1. The molecule has 5 nitrogen and oxygen atoms in total. The first-order valence-corrected chi connectivity index (χ1v) is 7.39. The first-order chi connectivity index (χ1) is 9.13. The van der Waals surface area contributed by atoms with E-state index in [1.807, 2.05) is 7.05 Å². The number of hydrogen-bond acceptors (Lipinski definition) is 4. The first kappa shape index (κ1) is 14.4. The third-order valence-electron chi connectivity index (χ3n) is 3.73. The molecule has 1 amide bonds. The van der Waals surface area contributed by atoms with Gasteiger partial charge < -0.3 is 10.6 Å². The Morgan fingerprint density at radius 2 is 2.05 bits per heavy atom. The average molecular weight is 327 g/mol. The van der Waals surface area contributed by atoms with Crippen molar-refractivity contribution >= 4 is 27.7 Å². The number of rotatable bonds is 4. The molecule has 2 N–H and O–H groups in total. The lowest BCUT2D eigenvalue weighted by atomic mass is 9.79. The van der Waals surface area contributed by atoms with Gasteiger partial charge in [-0.3, -0.25) is 4.79 Å². The number of nitrogens with one attached hydrogen (secondary N) is 2. The van der Waals surface area contributed by atoms with E-state index in [0.29, 0.717) is 16.8 Å². The summed E-state index contributed by atoms with van der Waals surface area (Å²) in [6.07, 6.45) is 9.37. The molecule has 104 valence electrons. The predicted molar refractivity (Wildman–Crippen MR) is 77.9 cm³/mol. The van der Waals surface area contributed by atoms with E-state index in [4.69, 9.17) is 0 Å². The summed E-state index contributed by atoms with van der Waals surface area (Å²) in [4.78, 5) is 20.2. The van der Waals surface area contributed by atoms with Crippen LogP contribution in [0.3, 0.4) is 0 Å². The highest BCUT2D eigenvalue weighted by Crippen LogP contribution is 2.30. The van der Waals surface area contributed by atoms with Crippen LogP contribution in [0, 0.1) is 0 Å². The molecule has 1 saturated carbocycles. The molecule has 2 rings (SSSR count). The van der Waals surface area contributed by atoms with Gasteiger partial charge in [0.2, 0.25) is 5.91 Å². The van der Waals surface area contributed by atoms with Crippen molar-refractivity contribution in [2.24, 2.45) is 0 Å². The number of amides is 1. The highest BCUT2D eigenvalue weighted by Gasteiger charge is 2.32. The van der Waals surface area contributed by atoms with Gasteiger partial charge in [-0.1, -0.05) is 19.3 Å². The lowest BCUT2D eigenvalue weighted by Crippen LogP contribution is -2.47. The van der Waals surface area contributed by atoms with Crippen molar-refractivity contribution in [1.82, 2.24) is 15.3 Å². The SMILES string of the molecule is CNC1(CC(=O)Nc2cnc(Br)cn2)CCCCC1. The molecule has 1 heterocycles. The minimum atomic E-state index is -0.0505. The van der Waals surface area contributed by atoms with Crippen LogP contribution in [0.25, 0.3) is 0 Å². The second-order valence-electron chi connectivity index (χ2n) is 5.04. The van der Waals surface area contributed by atoms with Gasteiger partial charge in [0.05, 0.1) is 12.4 Å². The number of carbonyl (C=O) groups is 1. The van der Waals surface area contributed by atoms with Gasteiger partial charge in [-0.05, 0) is 35.8 Å². The van der Waals surface area contributed by atoms with Crippen LogP contribution in [-0.4, -0.2) is 28.5 Å². The standard InChI is InChI=1S/C13H19BrN4O/c1-15-13(5-3-2-4-6-13)7-12(19)18-11-9-16-10(14)8-17-11/h8-9,15H,2-7H2,1H3,(H,17,18,19). The van der Waals surface area contributed by atoms with Gasteiger partial charge in [0.25, 0.3) is 0 Å². The van der Waals surface area contributed by atoms with Crippen molar-refractivity contribution in [3.8, 4) is 0 Å². The van der Waals surface area contributed by atoms with Crippen LogP contribution in [0.15, 0.2) is 17.0 Å². The Kier molecular flexibility index (Phi) is 4.87. The van der Waals surface area contributed by atoms with E-state index in [2.05, 4.69) is 36.5 Å². The summed E-state index contributed by atoms with van der Waals surface area (Å²) in [5.74, 6) is 0.489. The molecular weight excluding hydrogens is 308 g/mol. The number of carbonyl (C=O) groups excluding carboxylic acids is 1. The Hall–Kier alpha value is -1.01. The van der Waals surface area contributed by atoms with E-state index in [-0.39, 0.29) is 11.4 Å². The fraction of sp³-hybridized carbons (Fsp3) is 0.615. The largest absolute Gasteiger partial charge is 0.314 e. The van der Waals surface area contributed by atoms with E-state index in [1.54, 1.807) is 12.4 Å². The minimum absolute atomic E-state index is 0.00660.